The van der Waals surface area contributed by atoms with Crippen LogP contribution < -0.4 is 5.73 Å². The summed E-state index contributed by atoms with van der Waals surface area (Å²) < 4.78 is 0.992. The van der Waals surface area contributed by atoms with Gasteiger partial charge in [0.2, 0.25) is 0 Å². The third-order valence-corrected chi connectivity index (χ3v) is 3.26. The summed E-state index contributed by atoms with van der Waals surface area (Å²) in [5.41, 5.74) is 8.30. The average molecular weight is 304 g/mol. The fraction of sp³-hybridized carbons (Fsp3) is 0.133. The number of rotatable bonds is 4. The highest BCUT2D eigenvalue weighted by Crippen LogP contribution is 2.14. The first-order valence-corrected chi connectivity index (χ1v) is 6.55. The van der Waals surface area contributed by atoms with Gasteiger partial charge in [0.1, 0.15) is 0 Å². The summed E-state index contributed by atoms with van der Waals surface area (Å²) in [5, 5.41) is 0. The molecule has 92 valence electrons. The molecular weight excluding hydrogens is 290 g/mol. The average Bonchev–Trinajstić information content (AvgIpc) is 2.39. The molecule has 0 radical (unpaired) electrons. The van der Waals surface area contributed by atoms with Crippen molar-refractivity contribution in [3.8, 4) is 0 Å². The lowest BCUT2D eigenvalue weighted by atomic mass is 10.0. The van der Waals surface area contributed by atoms with Gasteiger partial charge in [-0.1, -0.05) is 52.3 Å². The van der Waals surface area contributed by atoms with Gasteiger partial charge in [-0.15, -0.1) is 0 Å². The fourth-order valence-electron chi connectivity index (χ4n) is 1.76. The van der Waals surface area contributed by atoms with Crippen LogP contribution in [0.5, 0.6) is 0 Å². The Labute approximate surface area is 115 Å². The Balaban J connectivity index is 2.11. The molecule has 0 atom stereocenters. The molecule has 0 aromatic heterocycles. The lowest BCUT2D eigenvalue weighted by Gasteiger charge is -2.03. The molecule has 0 fully saturated rings. The van der Waals surface area contributed by atoms with Crippen LogP contribution in [0.15, 0.2) is 53.0 Å². The number of halogens is 1. The van der Waals surface area contributed by atoms with Crippen LogP contribution in [0.3, 0.4) is 0 Å². The molecule has 0 aliphatic carbocycles. The van der Waals surface area contributed by atoms with Crippen LogP contribution in [0, 0.1) is 0 Å². The van der Waals surface area contributed by atoms with E-state index < -0.39 is 0 Å². The molecule has 2 rings (SSSR count). The van der Waals surface area contributed by atoms with Crippen molar-refractivity contribution < 1.29 is 4.79 Å². The minimum Gasteiger partial charge on any atom is -0.326 e. The second kappa shape index (κ2) is 5.94. The minimum atomic E-state index is 0.122. The maximum Gasteiger partial charge on any atom is 0.167 e. The smallest absolute Gasteiger partial charge is 0.167 e. The number of benzene rings is 2. The summed E-state index contributed by atoms with van der Waals surface area (Å²) in [6.45, 7) is 0.500. The zero-order chi connectivity index (χ0) is 13.0. The van der Waals surface area contributed by atoms with Crippen LogP contribution in [0.4, 0.5) is 0 Å². The van der Waals surface area contributed by atoms with Crippen molar-refractivity contribution >= 4 is 21.7 Å². The van der Waals surface area contributed by atoms with Crippen LogP contribution >= 0.6 is 15.9 Å². The van der Waals surface area contributed by atoms with Gasteiger partial charge in [0.25, 0.3) is 0 Å². The first-order chi connectivity index (χ1) is 8.69. The molecule has 0 aliphatic rings. The van der Waals surface area contributed by atoms with Gasteiger partial charge in [-0.05, 0) is 23.3 Å². The van der Waals surface area contributed by atoms with E-state index in [1.807, 2.05) is 48.5 Å². The number of hydrogen-bond donors (Lipinski definition) is 1. The number of nitrogens with two attached hydrogens (primary N) is 1. The quantitative estimate of drug-likeness (QED) is 0.880. The second-order valence-corrected chi connectivity index (χ2v) is 5.05. The fourth-order valence-corrected chi connectivity index (χ4v) is 2.21. The van der Waals surface area contributed by atoms with Crippen LogP contribution in [0.1, 0.15) is 21.5 Å². The van der Waals surface area contributed by atoms with E-state index in [9.17, 15) is 4.79 Å². The number of Topliss-reactive ketones (excluding diaryl/α,β-unsaturated/α-hetero) is 1. The maximum atomic E-state index is 12.1. The van der Waals surface area contributed by atoms with Gasteiger partial charge in [-0.25, -0.2) is 0 Å². The van der Waals surface area contributed by atoms with Crippen molar-refractivity contribution in [3.05, 3.63) is 69.7 Å². The lowest BCUT2D eigenvalue weighted by molar-refractivity contribution is 0.0993. The van der Waals surface area contributed by atoms with E-state index in [4.69, 9.17) is 5.73 Å². The van der Waals surface area contributed by atoms with Gasteiger partial charge < -0.3 is 5.73 Å². The highest BCUT2D eigenvalue weighted by Gasteiger charge is 2.07. The van der Waals surface area contributed by atoms with E-state index in [1.165, 1.54) is 0 Å². The Morgan fingerprint density at radius 1 is 1.06 bits per heavy atom. The van der Waals surface area contributed by atoms with Gasteiger partial charge in [-0.3, -0.25) is 4.79 Å². The molecule has 18 heavy (non-hydrogen) atoms. The first-order valence-electron chi connectivity index (χ1n) is 5.75. The van der Waals surface area contributed by atoms with Gasteiger partial charge in [0.05, 0.1) is 0 Å². The van der Waals surface area contributed by atoms with Crippen molar-refractivity contribution in [1.29, 1.82) is 0 Å². The number of carbonyl (C=O) groups excluding carboxylic acids is 1. The molecular formula is C15H14BrNO. The first kappa shape index (κ1) is 13.0. The molecule has 2 aromatic carbocycles. The summed E-state index contributed by atoms with van der Waals surface area (Å²) in [6.07, 6.45) is 0.418. The maximum absolute atomic E-state index is 12.1. The third-order valence-electron chi connectivity index (χ3n) is 2.77. The zero-order valence-electron chi connectivity index (χ0n) is 9.90. The van der Waals surface area contributed by atoms with Crippen molar-refractivity contribution in [2.75, 3.05) is 0 Å². The normalized spacial score (nSPS) is 10.3. The zero-order valence-corrected chi connectivity index (χ0v) is 11.5. The molecule has 0 unspecified atom stereocenters. The second-order valence-electron chi connectivity index (χ2n) is 4.13. The molecule has 2 nitrogen and oxygen atoms in total. The molecule has 0 spiro atoms. The summed E-state index contributed by atoms with van der Waals surface area (Å²) in [6, 6.07) is 15.3. The Hall–Kier alpha value is -1.45. The summed E-state index contributed by atoms with van der Waals surface area (Å²) in [5.74, 6) is 0.122. The highest BCUT2D eigenvalue weighted by atomic mass is 79.9. The van der Waals surface area contributed by atoms with Crippen LogP contribution in [0.2, 0.25) is 0 Å². The van der Waals surface area contributed by atoms with E-state index >= 15 is 0 Å². The SMILES string of the molecule is NCc1ccc(C(=O)Cc2cccc(Br)c2)cc1. The van der Waals surface area contributed by atoms with Gasteiger partial charge in [0, 0.05) is 23.0 Å². The van der Waals surface area contributed by atoms with Crippen LogP contribution in [-0.4, -0.2) is 5.78 Å². The molecule has 2 N–H and O–H groups in total. The summed E-state index contributed by atoms with van der Waals surface area (Å²) in [7, 11) is 0. The minimum absolute atomic E-state index is 0.122. The Morgan fingerprint density at radius 2 is 1.78 bits per heavy atom. The Bertz CT molecular complexity index is 549. The van der Waals surface area contributed by atoms with Crippen LogP contribution in [0.25, 0.3) is 0 Å². The standard InChI is InChI=1S/C15H14BrNO/c16-14-3-1-2-12(8-14)9-15(18)13-6-4-11(10-17)5-7-13/h1-8H,9-10,17H2. The highest BCUT2D eigenvalue weighted by molar-refractivity contribution is 9.10. The molecule has 3 heteroatoms. The Kier molecular flexibility index (Phi) is 4.28. The molecule has 0 amide bonds. The predicted molar refractivity (Wildman–Crippen MR) is 76.5 cm³/mol. The van der Waals surface area contributed by atoms with Gasteiger partial charge in [0.15, 0.2) is 5.78 Å². The van der Waals surface area contributed by atoms with E-state index in [-0.39, 0.29) is 5.78 Å². The van der Waals surface area contributed by atoms with Crippen LogP contribution in [-0.2, 0) is 13.0 Å². The Morgan fingerprint density at radius 3 is 2.39 bits per heavy atom. The van der Waals surface area contributed by atoms with E-state index in [0.29, 0.717) is 13.0 Å². The van der Waals surface area contributed by atoms with E-state index in [0.717, 1.165) is 21.2 Å². The van der Waals surface area contributed by atoms with Crippen molar-refractivity contribution in [2.24, 2.45) is 5.73 Å². The molecule has 0 aliphatic heterocycles. The van der Waals surface area contributed by atoms with Crippen molar-refractivity contribution in [1.82, 2.24) is 0 Å². The van der Waals surface area contributed by atoms with Crippen molar-refractivity contribution in [2.45, 2.75) is 13.0 Å². The summed E-state index contributed by atoms with van der Waals surface area (Å²) in [4.78, 5) is 12.1. The van der Waals surface area contributed by atoms with Gasteiger partial charge >= 0.3 is 0 Å². The lowest BCUT2D eigenvalue weighted by Crippen LogP contribution is -2.04. The number of carbonyl (C=O) groups is 1. The molecule has 2 aromatic rings. The van der Waals surface area contributed by atoms with E-state index in [1.54, 1.807) is 0 Å². The van der Waals surface area contributed by atoms with Crippen molar-refractivity contribution in [3.63, 3.8) is 0 Å². The molecule has 0 bridgehead atoms. The largest absolute Gasteiger partial charge is 0.326 e. The van der Waals surface area contributed by atoms with Gasteiger partial charge in [-0.2, -0.15) is 0 Å². The predicted octanol–water partition coefficient (Wildman–Crippen LogP) is 3.33. The summed E-state index contributed by atoms with van der Waals surface area (Å²) >= 11 is 3.40. The molecule has 0 heterocycles. The van der Waals surface area contributed by atoms with E-state index in [2.05, 4.69) is 15.9 Å². The monoisotopic (exact) mass is 303 g/mol. The topological polar surface area (TPSA) is 43.1 Å². The molecule has 0 saturated carbocycles. The number of ketones is 1. The number of hydrogen-bond acceptors (Lipinski definition) is 2. The molecule has 0 saturated heterocycles. The third kappa shape index (κ3) is 3.28.